The summed E-state index contributed by atoms with van der Waals surface area (Å²) in [6, 6.07) is 9.83. The summed E-state index contributed by atoms with van der Waals surface area (Å²) in [5, 5.41) is 3.28. The quantitative estimate of drug-likeness (QED) is 0.799. The number of carbonyl (C=O) groups is 1. The highest BCUT2D eigenvalue weighted by atomic mass is 79.9. The van der Waals surface area contributed by atoms with Crippen molar-refractivity contribution in [3.8, 4) is 0 Å². The van der Waals surface area contributed by atoms with E-state index in [9.17, 15) is 4.79 Å². The van der Waals surface area contributed by atoms with Crippen LogP contribution in [0.4, 0.5) is 16.6 Å². The number of amides is 1. The fraction of sp³-hybridized carbons (Fsp3) is 0.389. The molecule has 2 unspecified atom stereocenters. The van der Waals surface area contributed by atoms with E-state index in [2.05, 4.69) is 45.1 Å². The average molecular weight is 405 g/mol. The molecule has 7 heteroatoms. The molecule has 0 bridgehead atoms. The number of rotatable bonds is 5. The number of nitrogens with one attached hydrogen (secondary N) is 1. The maximum Gasteiger partial charge on any atom is 0.415 e. The molecule has 3 rings (SSSR count). The minimum absolute atomic E-state index is 0.0147. The zero-order chi connectivity index (χ0) is 18.0. The maximum absolute atomic E-state index is 12.1. The second-order valence-corrected chi connectivity index (χ2v) is 7.33. The summed E-state index contributed by atoms with van der Waals surface area (Å²) < 4.78 is 6.23. The van der Waals surface area contributed by atoms with E-state index in [1.165, 1.54) is 0 Å². The number of carbonyl (C=O) groups excluding carboxylic acids is 1. The van der Waals surface area contributed by atoms with Gasteiger partial charge in [-0.05, 0) is 36.6 Å². The van der Waals surface area contributed by atoms with Crippen molar-refractivity contribution in [3.63, 3.8) is 0 Å². The van der Waals surface area contributed by atoms with Gasteiger partial charge < -0.3 is 10.1 Å². The van der Waals surface area contributed by atoms with Gasteiger partial charge in [-0.15, -0.1) is 0 Å². The summed E-state index contributed by atoms with van der Waals surface area (Å²) in [5.41, 5.74) is 1.12. The molecule has 0 aliphatic carbocycles. The Morgan fingerprint density at radius 2 is 1.96 bits per heavy atom. The van der Waals surface area contributed by atoms with Crippen molar-refractivity contribution in [2.75, 3.05) is 16.8 Å². The minimum atomic E-state index is -0.357. The normalized spacial score (nSPS) is 18.4. The van der Waals surface area contributed by atoms with Gasteiger partial charge in [-0.3, -0.25) is 4.90 Å². The standard InChI is InChI=1S/C18H21BrN4O2/c1-11(2)15-10-25-18(24)23(15)16-8-9-20-17(22-16)21-12(3)13-4-6-14(19)7-5-13/h4-9,11-12,15H,10H2,1-3H3,(H,20,21,22). The summed E-state index contributed by atoms with van der Waals surface area (Å²) >= 11 is 3.44. The van der Waals surface area contributed by atoms with Crippen LogP contribution in [0.1, 0.15) is 32.4 Å². The first kappa shape index (κ1) is 17.7. The van der Waals surface area contributed by atoms with Gasteiger partial charge in [-0.2, -0.15) is 4.98 Å². The van der Waals surface area contributed by atoms with Gasteiger partial charge in [0.2, 0.25) is 5.95 Å². The number of aromatic nitrogens is 2. The first-order valence-electron chi connectivity index (χ1n) is 8.26. The molecule has 1 aromatic carbocycles. The van der Waals surface area contributed by atoms with Crippen molar-refractivity contribution in [1.82, 2.24) is 9.97 Å². The van der Waals surface area contributed by atoms with E-state index in [1.54, 1.807) is 17.2 Å². The lowest BCUT2D eigenvalue weighted by Crippen LogP contribution is -2.37. The fourth-order valence-corrected chi connectivity index (χ4v) is 3.04. The molecular weight excluding hydrogens is 384 g/mol. The van der Waals surface area contributed by atoms with E-state index < -0.39 is 0 Å². The van der Waals surface area contributed by atoms with Crippen LogP contribution in [0.3, 0.4) is 0 Å². The second kappa shape index (κ2) is 7.39. The Bertz CT molecular complexity index is 751. The summed E-state index contributed by atoms with van der Waals surface area (Å²) in [4.78, 5) is 22.5. The Morgan fingerprint density at radius 1 is 1.24 bits per heavy atom. The van der Waals surface area contributed by atoms with Crippen molar-refractivity contribution in [2.24, 2.45) is 5.92 Å². The number of hydrogen-bond acceptors (Lipinski definition) is 5. The molecular formula is C18H21BrN4O2. The number of benzene rings is 1. The van der Waals surface area contributed by atoms with Crippen LogP contribution >= 0.6 is 15.9 Å². The Labute approximate surface area is 155 Å². The van der Waals surface area contributed by atoms with Crippen molar-refractivity contribution in [2.45, 2.75) is 32.9 Å². The molecule has 25 heavy (non-hydrogen) atoms. The van der Waals surface area contributed by atoms with Crippen LogP contribution in [0.25, 0.3) is 0 Å². The minimum Gasteiger partial charge on any atom is -0.447 e. The third-order valence-corrected chi connectivity index (χ3v) is 4.81. The van der Waals surface area contributed by atoms with E-state index in [1.807, 2.05) is 31.2 Å². The van der Waals surface area contributed by atoms with Gasteiger partial charge in [0.15, 0.2) is 0 Å². The van der Waals surface area contributed by atoms with Crippen LogP contribution in [0.2, 0.25) is 0 Å². The fourth-order valence-electron chi connectivity index (χ4n) is 2.77. The maximum atomic E-state index is 12.1. The van der Waals surface area contributed by atoms with Crippen LogP contribution in [0.5, 0.6) is 0 Å². The topological polar surface area (TPSA) is 67.4 Å². The van der Waals surface area contributed by atoms with Gasteiger partial charge in [0.05, 0.1) is 12.1 Å². The summed E-state index contributed by atoms with van der Waals surface area (Å²) in [5.74, 6) is 1.32. The highest BCUT2D eigenvalue weighted by Gasteiger charge is 2.37. The van der Waals surface area contributed by atoms with Crippen molar-refractivity contribution in [1.29, 1.82) is 0 Å². The molecule has 1 fully saturated rings. The molecule has 1 saturated heterocycles. The molecule has 1 aliphatic heterocycles. The van der Waals surface area contributed by atoms with Gasteiger partial charge in [-0.1, -0.05) is 41.9 Å². The van der Waals surface area contributed by atoms with E-state index in [-0.39, 0.29) is 24.1 Å². The predicted octanol–water partition coefficient (Wildman–Crippen LogP) is 4.39. The number of anilines is 2. The SMILES string of the molecule is CC(Nc1nccc(N2C(=O)OCC2C(C)C)n1)c1ccc(Br)cc1. The lowest BCUT2D eigenvalue weighted by Gasteiger charge is -2.23. The van der Waals surface area contributed by atoms with Crippen LogP contribution < -0.4 is 10.2 Å². The number of halogens is 1. The molecule has 0 spiro atoms. The largest absolute Gasteiger partial charge is 0.447 e. The summed E-state index contributed by atoms with van der Waals surface area (Å²) in [6.07, 6.45) is 1.30. The number of nitrogens with zero attached hydrogens (tertiary/aromatic N) is 3. The zero-order valence-electron chi connectivity index (χ0n) is 14.4. The zero-order valence-corrected chi connectivity index (χ0v) is 16.0. The smallest absolute Gasteiger partial charge is 0.415 e. The molecule has 2 heterocycles. The van der Waals surface area contributed by atoms with Gasteiger partial charge in [0.1, 0.15) is 12.4 Å². The van der Waals surface area contributed by atoms with Gasteiger partial charge >= 0.3 is 6.09 Å². The van der Waals surface area contributed by atoms with Gasteiger partial charge in [-0.25, -0.2) is 9.78 Å². The predicted molar refractivity (Wildman–Crippen MR) is 101 cm³/mol. The van der Waals surface area contributed by atoms with E-state index in [4.69, 9.17) is 4.74 Å². The van der Waals surface area contributed by atoms with E-state index in [0.717, 1.165) is 10.0 Å². The van der Waals surface area contributed by atoms with Crippen LogP contribution in [0, 0.1) is 5.92 Å². The monoisotopic (exact) mass is 404 g/mol. The van der Waals surface area contributed by atoms with Crippen molar-refractivity contribution >= 4 is 33.8 Å². The molecule has 1 aliphatic rings. The lowest BCUT2D eigenvalue weighted by molar-refractivity contribution is 0.177. The third-order valence-electron chi connectivity index (χ3n) is 4.28. The molecule has 1 amide bonds. The van der Waals surface area contributed by atoms with Crippen molar-refractivity contribution < 1.29 is 9.53 Å². The Kier molecular flexibility index (Phi) is 5.22. The van der Waals surface area contributed by atoms with Gasteiger partial charge in [0.25, 0.3) is 0 Å². The summed E-state index contributed by atoms with van der Waals surface area (Å²) in [6.45, 7) is 6.56. The first-order valence-corrected chi connectivity index (χ1v) is 9.06. The Morgan fingerprint density at radius 3 is 2.64 bits per heavy atom. The number of ether oxygens (including phenoxy) is 1. The first-order chi connectivity index (χ1) is 12.0. The van der Waals surface area contributed by atoms with Crippen LogP contribution in [-0.2, 0) is 4.74 Å². The van der Waals surface area contributed by atoms with Crippen LogP contribution in [-0.4, -0.2) is 28.7 Å². The highest BCUT2D eigenvalue weighted by Crippen LogP contribution is 2.26. The summed E-state index contributed by atoms with van der Waals surface area (Å²) in [7, 11) is 0. The van der Waals surface area contributed by atoms with Crippen molar-refractivity contribution in [3.05, 3.63) is 46.6 Å². The molecule has 2 aromatic rings. The average Bonchev–Trinajstić information content (AvgIpc) is 2.97. The van der Waals surface area contributed by atoms with Gasteiger partial charge in [0, 0.05) is 10.7 Å². The highest BCUT2D eigenvalue weighted by molar-refractivity contribution is 9.10. The molecule has 0 radical (unpaired) electrons. The molecule has 1 aromatic heterocycles. The number of hydrogen-bond donors (Lipinski definition) is 1. The van der Waals surface area contributed by atoms with E-state index in [0.29, 0.717) is 18.4 Å². The molecule has 2 atom stereocenters. The Hall–Kier alpha value is -2.15. The number of cyclic esters (lactones) is 1. The van der Waals surface area contributed by atoms with Crippen LogP contribution in [0.15, 0.2) is 41.0 Å². The Balaban J connectivity index is 1.79. The second-order valence-electron chi connectivity index (χ2n) is 6.41. The van der Waals surface area contributed by atoms with E-state index >= 15 is 0 Å². The molecule has 6 nitrogen and oxygen atoms in total. The molecule has 132 valence electrons. The molecule has 0 saturated carbocycles. The third kappa shape index (κ3) is 3.92. The molecule has 1 N–H and O–H groups in total. The lowest BCUT2D eigenvalue weighted by atomic mass is 10.0.